The highest BCUT2D eigenvalue weighted by Crippen LogP contribution is 2.32. The molecule has 2 heterocycles. The van der Waals surface area contributed by atoms with E-state index in [0.717, 1.165) is 22.7 Å². The number of thiophene rings is 1. The van der Waals surface area contributed by atoms with Gasteiger partial charge in [-0.25, -0.2) is 0 Å². The van der Waals surface area contributed by atoms with Gasteiger partial charge in [0.15, 0.2) is 0 Å². The van der Waals surface area contributed by atoms with Gasteiger partial charge in [-0.2, -0.15) is 5.10 Å². The highest BCUT2D eigenvalue weighted by atomic mass is 32.1. The standard InChI is InChI=1S/C11H15N3OS/c1-3-14-7-8(6-13-14)10(12)11-9(15-2)4-5-16-11/h4-7,10H,3,12H2,1-2H3. The van der Waals surface area contributed by atoms with E-state index < -0.39 is 0 Å². The summed E-state index contributed by atoms with van der Waals surface area (Å²) in [6, 6.07) is 1.78. The second kappa shape index (κ2) is 4.67. The Hall–Kier alpha value is -1.33. The van der Waals surface area contributed by atoms with Gasteiger partial charge in [0.2, 0.25) is 0 Å². The summed E-state index contributed by atoms with van der Waals surface area (Å²) >= 11 is 1.61. The van der Waals surface area contributed by atoms with Crippen molar-refractivity contribution in [3.8, 4) is 5.75 Å². The molecule has 16 heavy (non-hydrogen) atoms. The number of hydrogen-bond donors (Lipinski definition) is 1. The summed E-state index contributed by atoms with van der Waals surface area (Å²) in [5, 5.41) is 6.21. The number of rotatable bonds is 4. The van der Waals surface area contributed by atoms with Crippen molar-refractivity contribution in [1.82, 2.24) is 9.78 Å². The third-order valence-electron chi connectivity index (χ3n) is 2.50. The van der Waals surface area contributed by atoms with E-state index in [1.54, 1.807) is 18.4 Å². The van der Waals surface area contributed by atoms with E-state index in [0.29, 0.717) is 0 Å². The van der Waals surface area contributed by atoms with Crippen molar-refractivity contribution in [2.45, 2.75) is 19.5 Å². The predicted molar refractivity (Wildman–Crippen MR) is 64.8 cm³/mol. The first kappa shape index (κ1) is 11.2. The lowest BCUT2D eigenvalue weighted by Gasteiger charge is -2.09. The van der Waals surface area contributed by atoms with Crippen LogP contribution in [0.2, 0.25) is 0 Å². The third kappa shape index (κ3) is 1.96. The van der Waals surface area contributed by atoms with Crippen LogP contribution >= 0.6 is 11.3 Å². The van der Waals surface area contributed by atoms with Crippen LogP contribution in [0, 0.1) is 0 Å². The van der Waals surface area contributed by atoms with Crippen LogP contribution in [-0.4, -0.2) is 16.9 Å². The van der Waals surface area contributed by atoms with Crippen LogP contribution in [0.3, 0.4) is 0 Å². The summed E-state index contributed by atoms with van der Waals surface area (Å²) in [5.41, 5.74) is 7.20. The monoisotopic (exact) mass is 237 g/mol. The van der Waals surface area contributed by atoms with Crippen molar-refractivity contribution < 1.29 is 4.74 Å². The zero-order chi connectivity index (χ0) is 11.5. The first-order valence-corrected chi connectivity index (χ1v) is 6.03. The molecular formula is C11H15N3OS. The van der Waals surface area contributed by atoms with Crippen LogP contribution in [0.15, 0.2) is 23.8 Å². The zero-order valence-electron chi connectivity index (χ0n) is 9.38. The lowest BCUT2D eigenvalue weighted by Crippen LogP contribution is -2.10. The minimum atomic E-state index is -0.157. The number of methoxy groups -OCH3 is 1. The second-order valence-electron chi connectivity index (χ2n) is 3.46. The highest BCUT2D eigenvalue weighted by Gasteiger charge is 2.16. The molecule has 86 valence electrons. The Kier molecular flexibility index (Phi) is 3.26. The van der Waals surface area contributed by atoms with E-state index in [1.807, 2.05) is 35.4 Å². The molecule has 0 fully saturated rings. The highest BCUT2D eigenvalue weighted by molar-refractivity contribution is 7.10. The van der Waals surface area contributed by atoms with Crippen molar-refractivity contribution in [2.24, 2.45) is 5.73 Å². The summed E-state index contributed by atoms with van der Waals surface area (Å²) < 4.78 is 7.13. The van der Waals surface area contributed by atoms with E-state index in [1.165, 1.54) is 0 Å². The molecule has 0 aliphatic carbocycles. The Morgan fingerprint density at radius 3 is 3.06 bits per heavy atom. The van der Waals surface area contributed by atoms with Crippen LogP contribution in [-0.2, 0) is 6.54 Å². The van der Waals surface area contributed by atoms with Gasteiger partial charge in [0, 0.05) is 18.3 Å². The Labute approximate surface area is 98.6 Å². The molecule has 0 saturated heterocycles. The largest absolute Gasteiger partial charge is 0.496 e. The quantitative estimate of drug-likeness (QED) is 0.885. The summed E-state index contributed by atoms with van der Waals surface area (Å²) in [7, 11) is 1.66. The fraction of sp³-hybridized carbons (Fsp3) is 0.364. The van der Waals surface area contributed by atoms with Crippen LogP contribution < -0.4 is 10.5 Å². The molecule has 0 saturated carbocycles. The van der Waals surface area contributed by atoms with Gasteiger partial charge in [-0.05, 0) is 18.4 Å². The fourth-order valence-corrected chi connectivity index (χ4v) is 2.46. The SMILES string of the molecule is CCn1cc(C(N)c2sccc2OC)cn1. The molecule has 0 aliphatic heterocycles. The molecule has 1 unspecified atom stereocenters. The van der Waals surface area contributed by atoms with Crippen molar-refractivity contribution in [1.29, 1.82) is 0 Å². The molecule has 2 aromatic heterocycles. The summed E-state index contributed by atoms with van der Waals surface area (Å²) in [6.07, 6.45) is 3.79. The average Bonchev–Trinajstić information content (AvgIpc) is 2.96. The van der Waals surface area contributed by atoms with Gasteiger partial charge in [-0.3, -0.25) is 4.68 Å². The first-order chi connectivity index (χ1) is 7.76. The minimum Gasteiger partial charge on any atom is -0.496 e. The van der Waals surface area contributed by atoms with Gasteiger partial charge in [-0.15, -0.1) is 11.3 Å². The van der Waals surface area contributed by atoms with Gasteiger partial charge in [0.25, 0.3) is 0 Å². The number of aromatic nitrogens is 2. The van der Waals surface area contributed by atoms with Gasteiger partial charge < -0.3 is 10.5 Å². The number of hydrogen-bond acceptors (Lipinski definition) is 4. The second-order valence-corrected chi connectivity index (χ2v) is 4.41. The fourth-order valence-electron chi connectivity index (χ4n) is 1.57. The van der Waals surface area contributed by atoms with Crippen LogP contribution in [0.25, 0.3) is 0 Å². The number of ether oxygens (including phenoxy) is 1. The molecule has 0 bridgehead atoms. The first-order valence-electron chi connectivity index (χ1n) is 5.15. The van der Waals surface area contributed by atoms with Gasteiger partial charge in [0.05, 0.1) is 24.2 Å². The van der Waals surface area contributed by atoms with Gasteiger partial charge >= 0.3 is 0 Å². The summed E-state index contributed by atoms with van der Waals surface area (Å²) in [5.74, 6) is 0.849. The lowest BCUT2D eigenvalue weighted by molar-refractivity contribution is 0.411. The molecule has 1 atom stereocenters. The van der Waals surface area contributed by atoms with Crippen molar-refractivity contribution in [2.75, 3.05) is 7.11 Å². The molecule has 0 amide bonds. The Bertz CT molecular complexity index is 463. The van der Waals surface area contributed by atoms with Crippen molar-refractivity contribution >= 4 is 11.3 Å². The van der Waals surface area contributed by atoms with Crippen molar-refractivity contribution in [3.63, 3.8) is 0 Å². The Morgan fingerprint density at radius 1 is 1.62 bits per heavy atom. The Balaban J connectivity index is 2.27. The van der Waals surface area contributed by atoms with Gasteiger partial charge in [-0.1, -0.05) is 0 Å². The topological polar surface area (TPSA) is 53.1 Å². The summed E-state index contributed by atoms with van der Waals surface area (Å²) in [4.78, 5) is 1.04. The van der Waals surface area contributed by atoms with Gasteiger partial charge in [0.1, 0.15) is 5.75 Å². The molecule has 0 spiro atoms. The molecule has 0 aromatic carbocycles. The Morgan fingerprint density at radius 2 is 2.44 bits per heavy atom. The molecule has 0 radical (unpaired) electrons. The molecule has 0 aliphatic rings. The maximum atomic E-state index is 6.18. The van der Waals surface area contributed by atoms with E-state index >= 15 is 0 Å². The molecular weight excluding hydrogens is 222 g/mol. The molecule has 2 N–H and O–H groups in total. The lowest BCUT2D eigenvalue weighted by atomic mass is 10.1. The molecule has 4 nitrogen and oxygen atoms in total. The van der Waals surface area contributed by atoms with Crippen LogP contribution in [0.5, 0.6) is 5.75 Å². The number of nitrogens with two attached hydrogens (primary N) is 1. The minimum absolute atomic E-state index is 0.157. The smallest absolute Gasteiger partial charge is 0.134 e. The predicted octanol–water partition coefficient (Wildman–Crippen LogP) is 2.02. The molecule has 5 heteroatoms. The normalized spacial score (nSPS) is 12.7. The molecule has 2 rings (SSSR count). The maximum absolute atomic E-state index is 6.18. The summed E-state index contributed by atoms with van der Waals surface area (Å²) in [6.45, 7) is 2.91. The third-order valence-corrected chi connectivity index (χ3v) is 3.48. The van der Waals surface area contributed by atoms with Crippen molar-refractivity contribution in [3.05, 3.63) is 34.3 Å². The van der Waals surface area contributed by atoms with E-state index in [2.05, 4.69) is 5.10 Å². The molecule has 2 aromatic rings. The number of nitrogens with zero attached hydrogens (tertiary/aromatic N) is 2. The van der Waals surface area contributed by atoms with E-state index in [4.69, 9.17) is 10.5 Å². The van der Waals surface area contributed by atoms with Crippen LogP contribution in [0.1, 0.15) is 23.4 Å². The van der Waals surface area contributed by atoms with E-state index in [-0.39, 0.29) is 6.04 Å². The zero-order valence-corrected chi connectivity index (χ0v) is 10.2. The van der Waals surface area contributed by atoms with Crippen LogP contribution in [0.4, 0.5) is 0 Å². The average molecular weight is 237 g/mol. The maximum Gasteiger partial charge on any atom is 0.134 e. The van der Waals surface area contributed by atoms with E-state index in [9.17, 15) is 0 Å². The number of aryl methyl sites for hydroxylation is 1.